The Balaban J connectivity index is 1.66. The molecule has 1 fully saturated rings. The fraction of sp³-hybridized carbons (Fsp3) is 0.750. The molecule has 154 valence electrons. The number of hydrogen-bond acceptors (Lipinski definition) is 5. The number of guanidine groups is 1. The third kappa shape index (κ3) is 7.78. The molecule has 27 heavy (non-hydrogen) atoms. The van der Waals surface area contributed by atoms with Crippen molar-refractivity contribution in [2.45, 2.75) is 32.7 Å². The number of ether oxygens (including phenoxy) is 2. The SMILES string of the molecule is CCN(CC)C(CNC(=NC)NCCCOCC1CCOC1)c1ccsc1. The Kier molecular flexibility index (Phi) is 10.7. The second-order valence-electron chi connectivity index (χ2n) is 6.83. The van der Waals surface area contributed by atoms with Crippen molar-refractivity contribution >= 4 is 17.3 Å². The second kappa shape index (κ2) is 13.1. The van der Waals surface area contributed by atoms with Crippen LogP contribution < -0.4 is 10.6 Å². The van der Waals surface area contributed by atoms with Crippen molar-refractivity contribution in [1.29, 1.82) is 0 Å². The molecule has 0 radical (unpaired) electrons. The molecule has 1 aromatic rings. The van der Waals surface area contributed by atoms with Crippen LogP contribution in [0.5, 0.6) is 0 Å². The average Bonchev–Trinajstić information content (AvgIpc) is 3.40. The van der Waals surface area contributed by atoms with Gasteiger partial charge in [0, 0.05) is 39.3 Å². The molecule has 1 aliphatic rings. The Morgan fingerprint density at radius 2 is 2.26 bits per heavy atom. The zero-order valence-corrected chi connectivity index (χ0v) is 17.9. The first-order chi connectivity index (χ1) is 13.3. The van der Waals surface area contributed by atoms with Crippen LogP contribution in [0, 0.1) is 5.92 Å². The van der Waals surface area contributed by atoms with E-state index in [4.69, 9.17) is 9.47 Å². The van der Waals surface area contributed by atoms with E-state index in [2.05, 4.69) is 51.2 Å². The van der Waals surface area contributed by atoms with Crippen molar-refractivity contribution in [3.8, 4) is 0 Å². The number of nitrogens with one attached hydrogen (secondary N) is 2. The summed E-state index contributed by atoms with van der Waals surface area (Å²) in [6, 6.07) is 2.58. The summed E-state index contributed by atoms with van der Waals surface area (Å²) in [6.45, 7) is 11.5. The first-order valence-corrected chi connectivity index (χ1v) is 11.1. The molecule has 2 heterocycles. The van der Waals surface area contributed by atoms with E-state index in [0.29, 0.717) is 12.0 Å². The molecule has 1 aromatic heterocycles. The first-order valence-electron chi connectivity index (χ1n) is 10.1. The molecular weight excluding hydrogens is 360 g/mol. The summed E-state index contributed by atoms with van der Waals surface area (Å²) in [7, 11) is 1.82. The van der Waals surface area contributed by atoms with Crippen molar-refractivity contribution in [3.63, 3.8) is 0 Å². The van der Waals surface area contributed by atoms with E-state index in [1.807, 2.05) is 7.05 Å². The Morgan fingerprint density at radius 3 is 2.89 bits per heavy atom. The van der Waals surface area contributed by atoms with Gasteiger partial charge in [-0.25, -0.2) is 0 Å². The molecule has 1 aliphatic heterocycles. The van der Waals surface area contributed by atoms with Crippen molar-refractivity contribution in [1.82, 2.24) is 15.5 Å². The van der Waals surface area contributed by atoms with E-state index in [-0.39, 0.29) is 0 Å². The van der Waals surface area contributed by atoms with Gasteiger partial charge >= 0.3 is 0 Å². The van der Waals surface area contributed by atoms with E-state index in [9.17, 15) is 0 Å². The highest BCUT2D eigenvalue weighted by atomic mass is 32.1. The molecule has 0 spiro atoms. The van der Waals surface area contributed by atoms with Gasteiger partial charge in [0.05, 0.1) is 19.3 Å². The van der Waals surface area contributed by atoms with E-state index >= 15 is 0 Å². The Bertz CT molecular complexity index is 514. The van der Waals surface area contributed by atoms with Crippen molar-refractivity contribution in [3.05, 3.63) is 22.4 Å². The Hall–Kier alpha value is -1.15. The van der Waals surface area contributed by atoms with Crippen molar-refractivity contribution < 1.29 is 9.47 Å². The quantitative estimate of drug-likeness (QED) is 0.323. The van der Waals surface area contributed by atoms with Crippen LogP contribution in [-0.4, -0.2) is 70.5 Å². The van der Waals surface area contributed by atoms with Crippen LogP contribution in [0.4, 0.5) is 0 Å². The van der Waals surface area contributed by atoms with E-state index < -0.39 is 0 Å². The highest BCUT2D eigenvalue weighted by Crippen LogP contribution is 2.22. The summed E-state index contributed by atoms with van der Waals surface area (Å²) in [5, 5.41) is 11.3. The van der Waals surface area contributed by atoms with Crippen LogP contribution in [0.1, 0.15) is 38.3 Å². The van der Waals surface area contributed by atoms with Crippen LogP contribution in [-0.2, 0) is 9.47 Å². The molecule has 2 atom stereocenters. The minimum atomic E-state index is 0.363. The molecule has 0 bridgehead atoms. The molecule has 2 rings (SSSR count). The average molecular weight is 397 g/mol. The lowest BCUT2D eigenvalue weighted by Crippen LogP contribution is -2.43. The van der Waals surface area contributed by atoms with Crippen LogP contribution >= 0.6 is 11.3 Å². The maximum Gasteiger partial charge on any atom is 0.191 e. The molecule has 0 aliphatic carbocycles. The summed E-state index contributed by atoms with van der Waals surface area (Å²) in [4.78, 5) is 6.83. The molecule has 2 N–H and O–H groups in total. The number of nitrogens with zero attached hydrogens (tertiary/aromatic N) is 2. The summed E-state index contributed by atoms with van der Waals surface area (Å²) < 4.78 is 11.1. The third-order valence-corrected chi connectivity index (χ3v) is 5.70. The van der Waals surface area contributed by atoms with Gasteiger partial charge in [0.1, 0.15) is 0 Å². The predicted molar refractivity (Wildman–Crippen MR) is 114 cm³/mol. The summed E-state index contributed by atoms with van der Waals surface area (Å²) in [5.41, 5.74) is 1.37. The molecule has 7 heteroatoms. The first kappa shape index (κ1) is 22.1. The number of hydrogen-bond donors (Lipinski definition) is 2. The van der Waals surface area contributed by atoms with Crippen molar-refractivity contribution in [2.24, 2.45) is 10.9 Å². The zero-order valence-electron chi connectivity index (χ0n) is 17.1. The minimum absolute atomic E-state index is 0.363. The van der Waals surface area contributed by atoms with Gasteiger partial charge in [-0.05, 0) is 48.3 Å². The highest BCUT2D eigenvalue weighted by Gasteiger charge is 2.18. The Morgan fingerprint density at radius 1 is 1.41 bits per heavy atom. The summed E-state index contributed by atoms with van der Waals surface area (Å²) in [5.74, 6) is 1.44. The third-order valence-electron chi connectivity index (χ3n) is 5.00. The van der Waals surface area contributed by atoms with Crippen LogP contribution in [0.25, 0.3) is 0 Å². The molecule has 0 aromatic carbocycles. The van der Waals surface area contributed by atoms with Crippen LogP contribution in [0.3, 0.4) is 0 Å². The zero-order chi connectivity index (χ0) is 19.3. The smallest absolute Gasteiger partial charge is 0.191 e. The summed E-state index contributed by atoms with van der Waals surface area (Å²) >= 11 is 1.75. The lowest BCUT2D eigenvalue weighted by atomic mass is 10.1. The molecule has 6 nitrogen and oxygen atoms in total. The molecule has 0 amide bonds. The van der Waals surface area contributed by atoms with Crippen LogP contribution in [0.15, 0.2) is 21.8 Å². The molecule has 1 saturated heterocycles. The van der Waals surface area contributed by atoms with Gasteiger partial charge < -0.3 is 20.1 Å². The second-order valence-corrected chi connectivity index (χ2v) is 7.61. The largest absolute Gasteiger partial charge is 0.381 e. The molecule has 2 unspecified atom stereocenters. The normalized spacial score (nSPS) is 18.8. The van der Waals surface area contributed by atoms with Gasteiger partial charge in [-0.1, -0.05) is 13.8 Å². The standard InChI is InChI=1S/C20H36N4O2S/c1-4-24(5-2)19(18-8-12-27-16-18)13-23-20(21-3)22-9-6-10-25-14-17-7-11-26-15-17/h8,12,16-17,19H,4-7,9-11,13-15H2,1-3H3,(H2,21,22,23). The van der Waals surface area contributed by atoms with Crippen molar-refractivity contribution in [2.75, 3.05) is 59.7 Å². The van der Waals surface area contributed by atoms with Gasteiger partial charge in [0.25, 0.3) is 0 Å². The minimum Gasteiger partial charge on any atom is -0.381 e. The highest BCUT2D eigenvalue weighted by molar-refractivity contribution is 7.07. The summed E-state index contributed by atoms with van der Waals surface area (Å²) in [6.07, 6.45) is 2.10. The maximum atomic E-state index is 5.75. The number of aliphatic imine (C=N–C) groups is 1. The lowest BCUT2D eigenvalue weighted by molar-refractivity contribution is 0.0888. The molecular formula is C20H36N4O2S. The fourth-order valence-corrected chi connectivity index (χ4v) is 4.05. The van der Waals surface area contributed by atoms with E-state index in [0.717, 1.165) is 71.4 Å². The van der Waals surface area contributed by atoms with Gasteiger partial charge in [0.15, 0.2) is 5.96 Å². The monoisotopic (exact) mass is 396 g/mol. The van der Waals surface area contributed by atoms with Crippen LogP contribution in [0.2, 0.25) is 0 Å². The Labute approximate surface area is 168 Å². The number of thiophene rings is 1. The van der Waals surface area contributed by atoms with Gasteiger partial charge in [0.2, 0.25) is 0 Å². The van der Waals surface area contributed by atoms with Gasteiger partial charge in [-0.15, -0.1) is 0 Å². The fourth-order valence-electron chi connectivity index (χ4n) is 3.35. The van der Waals surface area contributed by atoms with E-state index in [1.165, 1.54) is 5.56 Å². The van der Waals surface area contributed by atoms with Gasteiger partial charge in [-0.3, -0.25) is 9.89 Å². The topological polar surface area (TPSA) is 58.1 Å². The number of likely N-dealkylation sites (N-methyl/N-ethyl adjacent to an activating group) is 1. The number of rotatable bonds is 12. The lowest BCUT2D eigenvalue weighted by Gasteiger charge is -2.30. The maximum absolute atomic E-state index is 5.75. The predicted octanol–water partition coefficient (Wildman–Crippen LogP) is 2.74. The van der Waals surface area contributed by atoms with E-state index in [1.54, 1.807) is 11.3 Å². The molecule has 0 saturated carbocycles. The van der Waals surface area contributed by atoms with Gasteiger partial charge in [-0.2, -0.15) is 11.3 Å².